The lowest BCUT2D eigenvalue weighted by atomic mass is 10.00. The van der Waals surface area contributed by atoms with Crippen molar-refractivity contribution in [2.45, 2.75) is 128 Å². The van der Waals surface area contributed by atoms with E-state index in [1.54, 1.807) is 23.5 Å². The average Bonchev–Trinajstić information content (AvgIpc) is 3.74. The molecule has 0 unspecified atom stereocenters. The molecule has 8 bridgehead atoms. The molecule has 46 heavy (non-hydrogen) atoms. The van der Waals surface area contributed by atoms with Crippen molar-refractivity contribution in [3.05, 3.63) is 34.4 Å². The van der Waals surface area contributed by atoms with Crippen molar-refractivity contribution in [2.24, 2.45) is 0 Å². The molecule has 0 saturated carbocycles. The molecule has 8 nitrogen and oxygen atoms in total. The summed E-state index contributed by atoms with van der Waals surface area (Å²) in [6.45, 7) is 13.4. The third-order valence-electron chi connectivity index (χ3n) is 8.56. The van der Waals surface area contributed by atoms with Crippen LogP contribution in [0.5, 0.6) is 0 Å². The number of thioether (sulfide) groups is 2. The molecule has 0 spiro atoms. The fraction of sp³-hybridized carbons (Fsp3) is 0.556. The lowest BCUT2D eigenvalue weighted by Gasteiger charge is -2.06. The molecule has 10 heteroatoms. The molecule has 2 aliphatic rings. The van der Waals surface area contributed by atoms with Crippen molar-refractivity contribution in [2.75, 3.05) is 12.5 Å². The molecule has 2 N–H and O–H groups in total. The molecule has 0 aromatic carbocycles. The van der Waals surface area contributed by atoms with Gasteiger partial charge in [-0.25, -0.2) is 29.9 Å². The van der Waals surface area contributed by atoms with E-state index in [9.17, 15) is 0 Å². The predicted molar refractivity (Wildman–Crippen MR) is 197 cm³/mol. The monoisotopic (exact) mass is 658 g/mol. The zero-order chi connectivity index (χ0) is 32.8. The Bertz CT molecular complexity index is 1800. The molecule has 0 radical (unpaired) electrons. The fourth-order valence-corrected chi connectivity index (χ4v) is 8.25. The van der Waals surface area contributed by atoms with Crippen LogP contribution in [-0.4, -0.2) is 52.4 Å². The second kappa shape index (κ2) is 15.7. The Balaban J connectivity index is 2.02. The van der Waals surface area contributed by atoms with E-state index < -0.39 is 0 Å². The number of aryl methyl sites for hydroxylation is 2. The van der Waals surface area contributed by atoms with Gasteiger partial charge in [-0.05, 0) is 51.0 Å². The van der Waals surface area contributed by atoms with Crippen LogP contribution in [-0.2, 0) is 12.8 Å². The van der Waals surface area contributed by atoms with Crippen LogP contribution in [0.25, 0.3) is 44.9 Å². The Morgan fingerprint density at radius 3 is 1.07 bits per heavy atom. The maximum Gasteiger partial charge on any atom is 0.160 e. The van der Waals surface area contributed by atoms with E-state index in [0.717, 1.165) is 133 Å². The summed E-state index contributed by atoms with van der Waals surface area (Å²) in [5.74, 6) is 3.06. The van der Waals surface area contributed by atoms with Crippen molar-refractivity contribution >= 4 is 68.4 Å². The number of hydrogen-bond acceptors (Lipinski definition) is 8. The summed E-state index contributed by atoms with van der Waals surface area (Å²) >= 11 is 3.40. The number of H-pyrrole nitrogens is 2. The van der Waals surface area contributed by atoms with Gasteiger partial charge >= 0.3 is 0 Å². The first-order valence-electron chi connectivity index (χ1n) is 17.3. The quantitative estimate of drug-likeness (QED) is 0.165. The lowest BCUT2D eigenvalue weighted by Crippen LogP contribution is -1.94. The SMILES string of the molecule is CCCC1=C(CCC)c2nc1nc1nc(nc3[nH]c(nc4[nH]c(n2)c(CCC)c4CCC)c(SC)c3SC)C(CCC)=C1CCC. The van der Waals surface area contributed by atoms with Gasteiger partial charge in [0.2, 0.25) is 0 Å². The Hall–Kier alpha value is -2.98. The summed E-state index contributed by atoms with van der Waals surface area (Å²) in [7, 11) is 0. The maximum absolute atomic E-state index is 5.33. The van der Waals surface area contributed by atoms with Gasteiger partial charge in [0.05, 0.1) is 9.79 Å². The van der Waals surface area contributed by atoms with Crippen LogP contribution in [0, 0.1) is 0 Å². The van der Waals surface area contributed by atoms with Crippen LogP contribution in [0.3, 0.4) is 0 Å². The molecule has 0 atom stereocenters. The van der Waals surface area contributed by atoms with Crippen molar-refractivity contribution in [3.63, 3.8) is 0 Å². The van der Waals surface area contributed by atoms with Crippen molar-refractivity contribution in [3.8, 4) is 0 Å². The Morgan fingerprint density at radius 2 is 0.696 bits per heavy atom. The van der Waals surface area contributed by atoms with E-state index >= 15 is 0 Å². The number of allylic oxidation sites excluding steroid dienone is 4. The van der Waals surface area contributed by atoms with E-state index in [0.29, 0.717) is 0 Å². The third kappa shape index (κ3) is 6.70. The fourth-order valence-electron chi connectivity index (χ4n) is 6.61. The average molecular weight is 659 g/mol. The van der Waals surface area contributed by atoms with Crippen molar-refractivity contribution in [1.82, 2.24) is 39.9 Å². The molecule has 0 aliphatic carbocycles. The van der Waals surface area contributed by atoms with E-state index in [1.165, 1.54) is 33.4 Å². The minimum Gasteiger partial charge on any atom is -0.324 e. The molecule has 246 valence electrons. The molecule has 3 aromatic heterocycles. The number of rotatable bonds is 14. The molecule has 5 rings (SSSR count). The van der Waals surface area contributed by atoms with Crippen LogP contribution in [0.4, 0.5) is 0 Å². The summed E-state index contributed by atoms with van der Waals surface area (Å²) in [6, 6.07) is 0. The van der Waals surface area contributed by atoms with Crippen molar-refractivity contribution < 1.29 is 0 Å². The zero-order valence-electron chi connectivity index (χ0n) is 29.0. The first kappa shape index (κ1) is 34.4. The Labute approximate surface area is 282 Å². The summed E-state index contributed by atoms with van der Waals surface area (Å²) in [5.41, 5.74) is 10.7. The van der Waals surface area contributed by atoms with E-state index in [4.69, 9.17) is 29.9 Å². The van der Waals surface area contributed by atoms with Gasteiger partial charge < -0.3 is 9.97 Å². The van der Waals surface area contributed by atoms with Gasteiger partial charge in [-0.15, -0.1) is 23.5 Å². The van der Waals surface area contributed by atoms with Crippen LogP contribution in [0.1, 0.15) is 140 Å². The minimum absolute atomic E-state index is 0.756. The topological polar surface area (TPSA) is 109 Å². The van der Waals surface area contributed by atoms with Crippen LogP contribution in [0.2, 0.25) is 0 Å². The molecular formula is C36H50N8S2. The molecular weight excluding hydrogens is 609 g/mol. The maximum atomic E-state index is 5.33. The number of hydrogen-bond donors (Lipinski definition) is 2. The summed E-state index contributed by atoms with van der Waals surface area (Å²) in [6.07, 6.45) is 15.8. The van der Waals surface area contributed by atoms with Gasteiger partial charge in [-0.1, -0.05) is 80.1 Å². The summed E-state index contributed by atoms with van der Waals surface area (Å²) < 4.78 is 0. The van der Waals surface area contributed by atoms with E-state index in [1.807, 2.05) is 0 Å². The number of nitrogens with zero attached hydrogens (tertiary/aromatic N) is 6. The predicted octanol–water partition coefficient (Wildman–Crippen LogP) is 10.3. The highest BCUT2D eigenvalue weighted by atomic mass is 32.2. The zero-order valence-corrected chi connectivity index (χ0v) is 30.6. The molecule has 5 heterocycles. The highest BCUT2D eigenvalue weighted by molar-refractivity contribution is 8.01. The molecule has 3 aromatic rings. The minimum atomic E-state index is 0.756. The van der Waals surface area contributed by atoms with Gasteiger partial charge in [-0.3, -0.25) is 0 Å². The van der Waals surface area contributed by atoms with Gasteiger partial charge in [-0.2, -0.15) is 0 Å². The smallest absolute Gasteiger partial charge is 0.160 e. The van der Waals surface area contributed by atoms with Gasteiger partial charge in [0.15, 0.2) is 23.3 Å². The highest BCUT2D eigenvalue weighted by Crippen LogP contribution is 2.39. The van der Waals surface area contributed by atoms with Crippen LogP contribution >= 0.6 is 23.5 Å². The van der Waals surface area contributed by atoms with Crippen LogP contribution in [0.15, 0.2) is 9.79 Å². The number of nitrogens with one attached hydrogen (secondary N) is 2. The Morgan fingerprint density at radius 1 is 0.391 bits per heavy atom. The molecule has 2 aliphatic heterocycles. The second-order valence-corrected chi connectivity index (χ2v) is 13.7. The third-order valence-corrected chi connectivity index (χ3v) is 10.3. The Kier molecular flexibility index (Phi) is 11.8. The first-order valence-corrected chi connectivity index (χ1v) is 19.7. The van der Waals surface area contributed by atoms with Gasteiger partial charge in [0, 0.05) is 33.4 Å². The molecule has 0 fully saturated rings. The van der Waals surface area contributed by atoms with Crippen LogP contribution < -0.4 is 0 Å². The lowest BCUT2D eigenvalue weighted by molar-refractivity contribution is 0.873. The number of fused-ring (bicyclic) bond motifs is 8. The normalized spacial score (nSPS) is 13.4. The first-order chi connectivity index (χ1) is 22.5. The van der Waals surface area contributed by atoms with E-state index in [-0.39, 0.29) is 0 Å². The number of aromatic nitrogens is 8. The van der Waals surface area contributed by atoms with Gasteiger partial charge in [0.1, 0.15) is 22.6 Å². The standard InChI is InChI=1S/C36H50N8S2/c1-9-15-21-22(16-10-2)30-37-29(21)38-31-23(17-11-3)25(19-13-5)33(40-31)42-35-27(45-7)28(46-8)36(44-35)43-34-26(20-14-6)24(18-12-4)32(39-30)41-34/h9-20H2,1-8H3,(H2,37,38,39,40,41,42,43,44). The highest BCUT2D eigenvalue weighted by Gasteiger charge is 2.26. The second-order valence-electron chi connectivity index (χ2n) is 12.0. The van der Waals surface area contributed by atoms with E-state index in [2.05, 4.69) is 64.0 Å². The van der Waals surface area contributed by atoms with Gasteiger partial charge in [0.25, 0.3) is 0 Å². The largest absolute Gasteiger partial charge is 0.324 e. The molecule has 0 amide bonds. The number of aromatic amines is 2. The summed E-state index contributed by atoms with van der Waals surface area (Å²) in [4.78, 5) is 41.0. The molecule has 0 saturated heterocycles. The van der Waals surface area contributed by atoms with Crippen molar-refractivity contribution in [1.29, 1.82) is 0 Å². The summed E-state index contributed by atoms with van der Waals surface area (Å²) in [5, 5.41) is 0.